The molecule has 0 saturated carbocycles. The van der Waals surface area contributed by atoms with E-state index in [2.05, 4.69) is 5.10 Å². The van der Waals surface area contributed by atoms with Crippen LogP contribution in [-0.2, 0) is 4.79 Å². The normalized spacial score (nSPS) is 19.4. The number of hydrogen-bond acceptors (Lipinski definition) is 5. The molecule has 3 rings (SSSR count). The Morgan fingerprint density at radius 2 is 1.79 bits per heavy atom. The minimum absolute atomic E-state index is 0.0227. The molecule has 28 heavy (non-hydrogen) atoms. The summed E-state index contributed by atoms with van der Waals surface area (Å²) in [6.45, 7) is -0.767. The topological polar surface area (TPSA) is 71.4 Å². The van der Waals surface area contributed by atoms with Gasteiger partial charge in [0.25, 0.3) is 18.8 Å². The molecule has 0 aliphatic carbocycles. The third kappa shape index (κ3) is 3.72. The summed E-state index contributed by atoms with van der Waals surface area (Å²) in [5, 5.41) is 14.7. The average molecular weight is 400 g/mol. The van der Waals surface area contributed by atoms with Crippen LogP contribution in [0.15, 0.2) is 41.5 Å². The highest BCUT2D eigenvalue weighted by Crippen LogP contribution is 2.33. The number of ether oxygens (including phenoxy) is 2. The molecule has 1 amide bonds. The molecule has 10 heteroatoms. The van der Waals surface area contributed by atoms with E-state index in [0.717, 1.165) is 10.8 Å². The van der Waals surface area contributed by atoms with E-state index in [9.17, 15) is 27.5 Å². The Bertz CT molecular complexity index is 922. The van der Waals surface area contributed by atoms with Crippen LogP contribution >= 0.6 is 0 Å². The maximum absolute atomic E-state index is 13.2. The molecule has 0 bridgehead atoms. The molecule has 1 unspecified atom stereocenters. The first-order chi connectivity index (χ1) is 13.2. The fourth-order valence-electron chi connectivity index (χ4n) is 2.78. The second-order valence-corrected chi connectivity index (χ2v) is 6.12. The first-order valence-electron chi connectivity index (χ1n) is 8.14. The Balaban J connectivity index is 1.74. The molecule has 0 saturated heterocycles. The van der Waals surface area contributed by atoms with Crippen molar-refractivity contribution in [3.63, 3.8) is 0 Å². The fraction of sp³-hybridized carbons (Fsp3) is 0.333. The number of carbonyl (C=O) groups is 1. The highest BCUT2D eigenvalue weighted by molar-refractivity contribution is 5.93. The Morgan fingerprint density at radius 1 is 1.18 bits per heavy atom. The second-order valence-electron chi connectivity index (χ2n) is 6.12. The summed E-state index contributed by atoms with van der Waals surface area (Å²) in [6, 6.07) is 10.1. The van der Waals surface area contributed by atoms with Gasteiger partial charge in [0.2, 0.25) is 5.72 Å². The predicted molar refractivity (Wildman–Crippen MR) is 91.9 cm³/mol. The fourth-order valence-corrected chi connectivity index (χ4v) is 2.78. The first-order valence-corrected chi connectivity index (χ1v) is 8.14. The van der Waals surface area contributed by atoms with Crippen molar-refractivity contribution < 1.29 is 36.9 Å². The van der Waals surface area contributed by atoms with Gasteiger partial charge in [-0.2, -0.15) is 10.1 Å². The van der Waals surface area contributed by atoms with Crippen LogP contribution < -0.4 is 9.47 Å². The summed E-state index contributed by atoms with van der Waals surface area (Å²) in [5.74, 6) is -0.262. The number of aliphatic hydroxyl groups is 1. The van der Waals surface area contributed by atoms with Gasteiger partial charge in [-0.25, -0.2) is 17.6 Å². The van der Waals surface area contributed by atoms with E-state index in [1.807, 2.05) is 0 Å². The van der Waals surface area contributed by atoms with E-state index >= 15 is 0 Å². The molecule has 0 spiro atoms. The van der Waals surface area contributed by atoms with Crippen molar-refractivity contribution in [1.29, 1.82) is 0 Å². The van der Waals surface area contributed by atoms with Crippen LogP contribution in [0.4, 0.5) is 17.6 Å². The largest absolute Gasteiger partial charge is 0.497 e. The molecule has 1 heterocycles. The molecule has 0 radical (unpaired) electrons. The zero-order valence-electron chi connectivity index (χ0n) is 14.6. The van der Waals surface area contributed by atoms with Gasteiger partial charge in [-0.1, -0.05) is 12.1 Å². The Hall–Kier alpha value is -2.88. The highest BCUT2D eigenvalue weighted by Gasteiger charge is 2.53. The number of methoxy groups -OCH3 is 1. The van der Waals surface area contributed by atoms with E-state index in [0.29, 0.717) is 5.75 Å². The van der Waals surface area contributed by atoms with Crippen LogP contribution in [0.2, 0.25) is 0 Å². The van der Waals surface area contributed by atoms with Crippen LogP contribution in [-0.4, -0.2) is 54.0 Å². The number of halogens is 4. The lowest BCUT2D eigenvalue weighted by atomic mass is 10.1. The van der Waals surface area contributed by atoms with Crippen molar-refractivity contribution >= 4 is 22.4 Å². The van der Waals surface area contributed by atoms with Crippen molar-refractivity contribution in [3.8, 4) is 11.5 Å². The van der Waals surface area contributed by atoms with Crippen LogP contribution in [0, 0.1) is 0 Å². The zero-order valence-corrected chi connectivity index (χ0v) is 14.6. The van der Waals surface area contributed by atoms with Gasteiger partial charge in [-0.3, -0.25) is 4.79 Å². The number of nitrogens with zero attached hydrogens (tertiary/aromatic N) is 2. The molecule has 6 nitrogen and oxygen atoms in total. The van der Waals surface area contributed by atoms with Crippen LogP contribution in [0.3, 0.4) is 0 Å². The zero-order chi connectivity index (χ0) is 20.5. The first kappa shape index (κ1) is 19.9. The summed E-state index contributed by atoms with van der Waals surface area (Å²) in [4.78, 5) is 12.2. The summed E-state index contributed by atoms with van der Waals surface area (Å²) >= 11 is 0. The van der Waals surface area contributed by atoms with Gasteiger partial charge in [0.15, 0.2) is 6.61 Å². The number of hydrazone groups is 1. The number of rotatable bonds is 6. The molecular weight excluding hydrogens is 384 g/mol. The summed E-state index contributed by atoms with van der Waals surface area (Å²) in [7, 11) is 1.53. The number of benzene rings is 2. The molecule has 2 aromatic carbocycles. The van der Waals surface area contributed by atoms with E-state index in [-0.39, 0.29) is 10.8 Å². The molecule has 1 atom stereocenters. The summed E-state index contributed by atoms with van der Waals surface area (Å²) in [6.07, 6.45) is -7.78. The molecule has 1 aliphatic heterocycles. The number of carbonyl (C=O) groups excluding carboxylic acids is 1. The van der Waals surface area contributed by atoms with Gasteiger partial charge < -0.3 is 14.6 Å². The third-order valence-corrected chi connectivity index (χ3v) is 4.26. The lowest BCUT2D eigenvalue weighted by molar-refractivity contribution is -0.193. The van der Waals surface area contributed by atoms with Crippen molar-refractivity contribution in [2.75, 3.05) is 13.7 Å². The standard InChI is InChI=1S/C18H16F4N2O4/c1-27-12-4-2-11-7-13(5-3-10(11)6-12)28-9-15(25)24-18(26,17(21)22)8-14(23-24)16(19)20/h2-7,16-17,26H,8-9H2,1H3. The summed E-state index contributed by atoms with van der Waals surface area (Å²) < 4.78 is 62.3. The van der Waals surface area contributed by atoms with E-state index in [1.165, 1.54) is 7.11 Å². The minimum atomic E-state index is -3.48. The predicted octanol–water partition coefficient (Wildman–Crippen LogP) is 3.03. The molecule has 0 aromatic heterocycles. The van der Waals surface area contributed by atoms with E-state index in [4.69, 9.17) is 9.47 Å². The van der Waals surface area contributed by atoms with Crippen molar-refractivity contribution in [3.05, 3.63) is 36.4 Å². The Morgan fingerprint density at radius 3 is 2.36 bits per heavy atom. The monoisotopic (exact) mass is 400 g/mol. The lowest BCUT2D eigenvalue weighted by Crippen LogP contribution is -2.52. The number of hydrogen-bond donors (Lipinski definition) is 1. The lowest BCUT2D eigenvalue weighted by Gasteiger charge is -2.29. The molecular formula is C18H16F4N2O4. The maximum Gasteiger partial charge on any atom is 0.287 e. The Kier molecular flexibility index (Phi) is 5.41. The van der Waals surface area contributed by atoms with E-state index in [1.54, 1.807) is 36.4 Å². The maximum atomic E-state index is 13.2. The highest BCUT2D eigenvalue weighted by atomic mass is 19.3. The van der Waals surface area contributed by atoms with E-state index < -0.39 is 43.2 Å². The average Bonchev–Trinajstić information content (AvgIpc) is 3.05. The number of alkyl halides is 4. The molecule has 2 aromatic rings. The van der Waals surface area contributed by atoms with Crippen molar-refractivity contribution in [1.82, 2.24) is 5.01 Å². The number of fused-ring (bicyclic) bond motifs is 1. The Labute approximate surface area is 156 Å². The van der Waals surface area contributed by atoms with Gasteiger partial charge in [-0.05, 0) is 35.0 Å². The van der Waals surface area contributed by atoms with Crippen molar-refractivity contribution in [2.24, 2.45) is 5.10 Å². The van der Waals surface area contributed by atoms with Crippen LogP contribution in [0.1, 0.15) is 6.42 Å². The molecule has 150 valence electrons. The van der Waals surface area contributed by atoms with Crippen LogP contribution in [0.5, 0.6) is 11.5 Å². The van der Waals surface area contributed by atoms with Gasteiger partial charge in [0, 0.05) is 6.42 Å². The van der Waals surface area contributed by atoms with Crippen LogP contribution in [0.25, 0.3) is 10.8 Å². The molecule has 1 N–H and O–H groups in total. The SMILES string of the molecule is COc1ccc2cc(OCC(=O)N3N=C(C(F)F)CC3(O)C(F)F)ccc2c1. The van der Waals surface area contributed by atoms with Gasteiger partial charge in [-0.15, -0.1) is 0 Å². The van der Waals surface area contributed by atoms with Gasteiger partial charge >= 0.3 is 0 Å². The number of amides is 1. The van der Waals surface area contributed by atoms with Gasteiger partial charge in [0.05, 0.1) is 7.11 Å². The minimum Gasteiger partial charge on any atom is -0.497 e. The quantitative estimate of drug-likeness (QED) is 0.757. The molecule has 1 aliphatic rings. The van der Waals surface area contributed by atoms with Crippen molar-refractivity contribution in [2.45, 2.75) is 25.0 Å². The third-order valence-electron chi connectivity index (χ3n) is 4.26. The van der Waals surface area contributed by atoms with Gasteiger partial charge in [0.1, 0.15) is 17.2 Å². The molecule has 0 fully saturated rings. The second kappa shape index (κ2) is 7.63. The summed E-state index contributed by atoms with van der Waals surface area (Å²) in [5.41, 5.74) is -4.11. The smallest absolute Gasteiger partial charge is 0.287 e.